The number of hydrogen-bond donors (Lipinski definition) is 1. The zero-order valence-electron chi connectivity index (χ0n) is 12.0. The molecule has 1 spiro atoms. The van der Waals surface area contributed by atoms with Crippen LogP contribution in [0.25, 0.3) is 0 Å². The first kappa shape index (κ1) is 13.4. The second-order valence-electron chi connectivity index (χ2n) is 6.39. The molecule has 1 amide bonds. The molecular weight excluding hydrogens is 250 g/mol. The van der Waals surface area contributed by atoms with Gasteiger partial charge in [0, 0.05) is 18.8 Å². The number of hydrogen-bond acceptors (Lipinski definition) is 3. The zero-order valence-corrected chi connectivity index (χ0v) is 12.0. The molecule has 2 aliphatic rings. The van der Waals surface area contributed by atoms with Crippen LogP contribution in [0.2, 0.25) is 0 Å². The summed E-state index contributed by atoms with van der Waals surface area (Å²) in [7, 11) is 0. The van der Waals surface area contributed by atoms with Gasteiger partial charge >= 0.3 is 0 Å². The average Bonchev–Trinajstić information content (AvgIpc) is 2.86. The number of carbonyl (C=O) groups is 1. The highest BCUT2D eigenvalue weighted by Gasteiger charge is 2.40. The van der Waals surface area contributed by atoms with E-state index in [1.807, 2.05) is 17.0 Å². The Bertz CT molecular complexity index is 477. The van der Waals surface area contributed by atoms with Gasteiger partial charge in [0.2, 0.25) is 5.91 Å². The van der Waals surface area contributed by atoms with Crippen molar-refractivity contribution in [3.8, 4) is 0 Å². The van der Waals surface area contributed by atoms with E-state index in [1.54, 1.807) is 6.20 Å². The summed E-state index contributed by atoms with van der Waals surface area (Å²) in [5.41, 5.74) is 7.50. The lowest BCUT2D eigenvalue weighted by molar-refractivity contribution is -0.130. The summed E-state index contributed by atoms with van der Waals surface area (Å²) in [5, 5.41) is 0. The van der Waals surface area contributed by atoms with Crippen molar-refractivity contribution >= 4 is 11.6 Å². The first-order valence-corrected chi connectivity index (χ1v) is 7.65. The molecule has 108 valence electrons. The molecule has 2 N–H and O–H groups in total. The van der Waals surface area contributed by atoms with Gasteiger partial charge in [-0.15, -0.1) is 0 Å². The Labute approximate surface area is 120 Å². The maximum absolute atomic E-state index is 12.4. The van der Waals surface area contributed by atoms with Crippen molar-refractivity contribution in [3.63, 3.8) is 0 Å². The van der Waals surface area contributed by atoms with Gasteiger partial charge in [-0.05, 0) is 36.8 Å². The molecule has 1 aliphatic heterocycles. The molecule has 1 aromatic heterocycles. The van der Waals surface area contributed by atoms with Gasteiger partial charge in [0.15, 0.2) is 0 Å². The smallest absolute Gasteiger partial charge is 0.228 e. The van der Waals surface area contributed by atoms with Gasteiger partial charge in [-0.3, -0.25) is 9.78 Å². The third-order valence-electron chi connectivity index (χ3n) is 4.89. The van der Waals surface area contributed by atoms with Crippen LogP contribution in [0, 0.1) is 5.41 Å². The first-order chi connectivity index (χ1) is 9.67. The largest absolute Gasteiger partial charge is 0.397 e. The maximum Gasteiger partial charge on any atom is 0.228 e. The molecule has 2 fully saturated rings. The minimum absolute atomic E-state index is 0.213. The van der Waals surface area contributed by atoms with Crippen molar-refractivity contribution in [1.82, 2.24) is 9.88 Å². The summed E-state index contributed by atoms with van der Waals surface area (Å²) in [6.45, 7) is 1.88. The number of pyridine rings is 1. The Morgan fingerprint density at radius 1 is 1.25 bits per heavy atom. The number of nitrogens with two attached hydrogens (primary N) is 1. The molecule has 0 unspecified atom stereocenters. The molecule has 0 bridgehead atoms. The standard InChI is InChI=1S/C16H23N3O/c17-13-4-5-14(18-11-13)10-15(20)19-9-8-16(12-19)6-2-1-3-7-16/h4-5,11H,1-3,6-10,12,17H2. The second kappa shape index (κ2) is 5.43. The van der Waals surface area contributed by atoms with Crippen LogP contribution in [-0.2, 0) is 11.2 Å². The van der Waals surface area contributed by atoms with Gasteiger partial charge < -0.3 is 10.6 Å². The fourth-order valence-corrected chi connectivity index (χ4v) is 3.67. The van der Waals surface area contributed by atoms with Crippen LogP contribution < -0.4 is 5.73 Å². The van der Waals surface area contributed by atoms with Crippen molar-refractivity contribution < 1.29 is 4.79 Å². The minimum atomic E-state index is 0.213. The van der Waals surface area contributed by atoms with Crippen molar-refractivity contribution in [2.45, 2.75) is 44.9 Å². The number of nitrogen functional groups attached to an aromatic ring is 1. The van der Waals surface area contributed by atoms with Crippen LogP contribution in [0.1, 0.15) is 44.2 Å². The predicted octanol–water partition coefficient (Wildman–Crippen LogP) is 2.39. The Morgan fingerprint density at radius 3 is 2.75 bits per heavy atom. The monoisotopic (exact) mass is 273 g/mol. The molecular formula is C16H23N3O. The van der Waals surface area contributed by atoms with Gasteiger partial charge in [-0.2, -0.15) is 0 Å². The Kier molecular flexibility index (Phi) is 3.64. The van der Waals surface area contributed by atoms with E-state index < -0.39 is 0 Å². The maximum atomic E-state index is 12.4. The van der Waals surface area contributed by atoms with Crippen LogP contribution in [0.5, 0.6) is 0 Å². The molecule has 1 aliphatic carbocycles. The first-order valence-electron chi connectivity index (χ1n) is 7.65. The molecule has 0 radical (unpaired) electrons. The quantitative estimate of drug-likeness (QED) is 0.900. The molecule has 20 heavy (non-hydrogen) atoms. The van der Waals surface area contributed by atoms with Crippen LogP contribution in [0.3, 0.4) is 0 Å². The fraction of sp³-hybridized carbons (Fsp3) is 0.625. The predicted molar refractivity (Wildman–Crippen MR) is 79.1 cm³/mol. The van der Waals surface area contributed by atoms with Crippen LogP contribution in [0.15, 0.2) is 18.3 Å². The van der Waals surface area contributed by atoms with E-state index in [4.69, 9.17) is 5.73 Å². The van der Waals surface area contributed by atoms with Crippen molar-refractivity contribution in [2.24, 2.45) is 5.41 Å². The third-order valence-corrected chi connectivity index (χ3v) is 4.89. The lowest BCUT2D eigenvalue weighted by atomic mass is 9.73. The van der Waals surface area contributed by atoms with Gasteiger partial charge in [0.1, 0.15) is 0 Å². The summed E-state index contributed by atoms with van der Waals surface area (Å²) in [6.07, 6.45) is 9.85. The summed E-state index contributed by atoms with van der Waals surface area (Å²) in [4.78, 5) is 18.6. The minimum Gasteiger partial charge on any atom is -0.397 e. The molecule has 2 heterocycles. The molecule has 4 heteroatoms. The lowest BCUT2D eigenvalue weighted by Crippen LogP contribution is -2.34. The Balaban J connectivity index is 1.59. The molecule has 0 aromatic carbocycles. The van der Waals surface area contributed by atoms with Gasteiger partial charge in [0.25, 0.3) is 0 Å². The highest BCUT2D eigenvalue weighted by molar-refractivity contribution is 5.78. The van der Waals surface area contributed by atoms with Crippen LogP contribution in [-0.4, -0.2) is 28.9 Å². The fourth-order valence-electron chi connectivity index (χ4n) is 3.67. The topological polar surface area (TPSA) is 59.2 Å². The van der Waals surface area contributed by atoms with Crippen molar-refractivity contribution in [3.05, 3.63) is 24.0 Å². The number of aromatic nitrogens is 1. The van der Waals surface area contributed by atoms with Crippen molar-refractivity contribution in [1.29, 1.82) is 0 Å². The van der Waals surface area contributed by atoms with Gasteiger partial charge in [0.05, 0.1) is 18.3 Å². The Morgan fingerprint density at radius 2 is 2.05 bits per heavy atom. The summed E-state index contributed by atoms with van der Waals surface area (Å²) in [6, 6.07) is 3.65. The molecule has 4 nitrogen and oxygen atoms in total. The molecule has 0 atom stereocenters. The molecule has 1 aromatic rings. The number of nitrogens with zero attached hydrogens (tertiary/aromatic N) is 2. The zero-order chi connectivity index (χ0) is 14.0. The van der Waals surface area contributed by atoms with E-state index in [2.05, 4.69) is 4.98 Å². The summed E-state index contributed by atoms with van der Waals surface area (Å²) < 4.78 is 0. The number of likely N-dealkylation sites (tertiary alicyclic amines) is 1. The van der Waals surface area contributed by atoms with E-state index in [0.29, 0.717) is 17.5 Å². The van der Waals surface area contributed by atoms with E-state index in [1.165, 1.54) is 38.5 Å². The lowest BCUT2D eigenvalue weighted by Gasteiger charge is -2.33. The summed E-state index contributed by atoms with van der Waals surface area (Å²) in [5.74, 6) is 0.213. The normalized spacial score (nSPS) is 21.3. The van der Waals surface area contributed by atoms with Crippen LogP contribution in [0.4, 0.5) is 5.69 Å². The van der Waals surface area contributed by atoms with E-state index >= 15 is 0 Å². The van der Waals surface area contributed by atoms with Gasteiger partial charge in [-0.1, -0.05) is 19.3 Å². The number of amides is 1. The van der Waals surface area contributed by atoms with Gasteiger partial charge in [-0.25, -0.2) is 0 Å². The SMILES string of the molecule is Nc1ccc(CC(=O)N2CCC3(CCCCC3)C2)nc1. The molecule has 1 saturated heterocycles. The number of carbonyl (C=O) groups excluding carboxylic acids is 1. The summed E-state index contributed by atoms with van der Waals surface area (Å²) >= 11 is 0. The molecule has 3 rings (SSSR count). The highest BCUT2D eigenvalue weighted by atomic mass is 16.2. The van der Waals surface area contributed by atoms with Crippen molar-refractivity contribution in [2.75, 3.05) is 18.8 Å². The van der Waals surface area contributed by atoms with Crippen LogP contribution >= 0.6 is 0 Å². The average molecular weight is 273 g/mol. The Hall–Kier alpha value is -1.58. The van der Waals surface area contributed by atoms with E-state index in [9.17, 15) is 4.79 Å². The van der Waals surface area contributed by atoms with E-state index in [-0.39, 0.29) is 5.91 Å². The number of anilines is 1. The second-order valence-corrected chi connectivity index (χ2v) is 6.39. The number of rotatable bonds is 2. The third kappa shape index (κ3) is 2.79. The highest BCUT2D eigenvalue weighted by Crippen LogP contribution is 2.43. The van der Waals surface area contributed by atoms with E-state index in [0.717, 1.165) is 18.8 Å². The molecule has 1 saturated carbocycles.